The first-order valence-electron chi connectivity index (χ1n) is 9.92. The van der Waals surface area contributed by atoms with Crippen molar-refractivity contribution in [2.45, 2.75) is 19.8 Å². The van der Waals surface area contributed by atoms with Crippen LogP contribution in [0, 0.1) is 0 Å². The summed E-state index contributed by atoms with van der Waals surface area (Å²) < 4.78 is 0. The SMILES string of the molecule is CCc1ccc(C(=O)Nc2ccc(NCCc3ccccn3)cc2)c(N(C)C)c1. The average Bonchev–Trinajstić information content (AvgIpc) is 2.75. The summed E-state index contributed by atoms with van der Waals surface area (Å²) in [6, 6.07) is 19.7. The molecule has 5 nitrogen and oxygen atoms in total. The molecule has 0 atom stereocenters. The number of nitrogens with one attached hydrogen (secondary N) is 2. The summed E-state index contributed by atoms with van der Waals surface area (Å²) in [5, 5.41) is 6.38. The van der Waals surface area contributed by atoms with Crippen LogP contribution in [-0.2, 0) is 12.8 Å². The van der Waals surface area contributed by atoms with Gasteiger partial charge in [-0.2, -0.15) is 0 Å². The molecule has 0 fully saturated rings. The predicted molar refractivity (Wildman–Crippen MR) is 121 cm³/mol. The van der Waals surface area contributed by atoms with Gasteiger partial charge in [-0.3, -0.25) is 9.78 Å². The van der Waals surface area contributed by atoms with Gasteiger partial charge in [-0.1, -0.05) is 19.1 Å². The average molecular weight is 389 g/mol. The number of hydrogen-bond donors (Lipinski definition) is 2. The smallest absolute Gasteiger partial charge is 0.257 e. The fraction of sp³-hybridized carbons (Fsp3) is 0.250. The lowest BCUT2D eigenvalue weighted by Gasteiger charge is -2.18. The lowest BCUT2D eigenvalue weighted by Crippen LogP contribution is -2.18. The fourth-order valence-corrected chi connectivity index (χ4v) is 3.11. The third-order valence-electron chi connectivity index (χ3n) is 4.78. The zero-order valence-corrected chi connectivity index (χ0v) is 17.3. The van der Waals surface area contributed by atoms with E-state index in [1.165, 1.54) is 5.56 Å². The van der Waals surface area contributed by atoms with E-state index in [4.69, 9.17) is 0 Å². The quantitative estimate of drug-likeness (QED) is 0.591. The van der Waals surface area contributed by atoms with Gasteiger partial charge in [0.05, 0.1) is 5.56 Å². The summed E-state index contributed by atoms with van der Waals surface area (Å²) in [4.78, 5) is 19.1. The van der Waals surface area contributed by atoms with Crippen molar-refractivity contribution in [2.75, 3.05) is 36.2 Å². The molecule has 0 unspecified atom stereocenters. The molecule has 3 aromatic rings. The van der Waals surface area contributed by atoms with Crippen molar-refractivity contribution in [1.29, 1.82) is 0 Å². The molecule has 0 spiro atoms. The van der Waals surface area contributed by atoms with Gasteiger partial charge in [0.15, 0.2) is 0 Å². The van der Waals surface area contributed by atoms with Gasteiger partial charge in [0.25, 0.3) is 5.91 Å². The summed E-state index contributed by atoms with van der Waals surface area (Å²) in [7, 11) is 3.91. The minimum atomic E-state index is -0.104. The predicted octanol–water partition coefficient (Wildman–Crippen LogP) is 4.62. The minimum Gasteiger partial charge on any atom is -0.385 e. The molecule has 0 saturated heterocycles. The topological polar surface area (TPSA) is 57.3 Å². The van der Waals surface area contributed by atoms with Crippen LogP contribution in [0.15, 0.2) is 66.9 Å². The third kappa shape index (κ3) is 5.57. The molecule has 150 valence electrons. The van der Waals surface area contributed by atoms with Crippen molar-refractivity contribution in [3.8, 4) is 0 Å². The highest BCUT2D eigenvalue weighted by Crippen LogP contribution is 2.23. The number of carbonyl (C=O) groups excluding carboxylic acids is 1. The molecular weight excluding hydrogens is 360 g/mol. The standard InChI is InChI=1S/C24H28N4O/c1-4-18-8-13-22(23(17-18)28(2)3)24(29)27-21-11-9-20(10-12-21)26-16-14-19-7-5-6-15-25-19/h5-13,15,17,26H,4,14,16H2,1-3H3,(H,27,29). The van der Waals surface area contributed by atoms with Gasteiger partial charge in [-0.15, -0.1) is 0 Å². The molecule has 1 heterocycles. The van der Waals surface area contributed by atoms with E-state index in [1.807, 2.05) is 79.8 Å². The Hall–Kier alpha value is -3.34. The Bertz CT molecular complexity index is 937. The van der Waals surface area contributed by atoms with Gasteiger partial charge in [0, 0.05) is 56.0 Å². The number of rotatable bonds is 8. The van der Waals surface area contributed by atoms with Crippen LogP contribution >= 0.6 is 0 Å². The molecule has 0 aliphatic heterocycles. The summed E-state index contributed by atoms with van der Waals surface area (Å²) in [6.07, 6.45) is 3.61. The molecular formula is C24H28N4O. The molecule has 29 heavy (non-hydrogen) atoms. The van der Waals surface area contributed by atoms with Crippen LogP contribution in [0.2, 0.25) is 0 Å². The van der Waals surface area contributed by atoms with Crippen LogP contribution in [0.1, 0.15) is 28.5 Å². The van der Waals surface area contributed by atoms with Crippen molar-refractivity contribution < 1.29 is 4.79 Å². The number of aromatic nitrogens is 1. The molecule has 0 aliphatic carbocycles. The summed E-state index contributed by atoms with van der Waals surface area (Å²) in [5.74, 6) is -0.104. The number of anilines is 3. The number of carbonyl (C=O) groups is 1. The van der Waals surface area contributed by atoms with E-state index in [0.29, 0.717) is 5.56 Å². The second-order valence-corrected chi connectivity index (χ2v) is 7.13. The van der Waals surface area contributed by atoms with E-state index < -0.39 is 0 Å². The maximum Gasteiger partial charge on any atom is 0.257 e. The normalized spacial score (nSPS) is 10.4. The van der Waals surface area contributed by atoms with Crippen LogP contribution in [0.3, 0.4) is 0 Å². The monoisotopic (exact) mass is 388 g/mol. The molecule has 0 bridgehead atoms. The van der Waals surface area contributed by atoms with Gasteiger partial charge >= 0.3 is 0 Å². The Kier molecular flexibility index (Phi) is 6.85. The third-order valence-corrected chi connectivity index (χ3v) is 4.78. The molecule has 0 saturated carbocycles. The first-order valence-corrected chi connectivity index (χ1v) is 9.92. The molecule has 2 N–H and O–H groups in total. The van der Waals surface area contributed by atoms with E-state index >= 15 is 0 Å². The Morgan fingerprint density at radius 1 is 1.00 bits per heavy atom. The van der Waals surface area contributed by atoms with Gasteiger partial charge in [-0.25, -0.2) is 0 Å². The summed E-state index contributed by atoms with van der Waals surface area (Å²) >= 11 is 0. The number of hydrogen-bond acceptors (Lipinski definition) is 4. The van der Waals surface area contributed by atoms with Crippen LogP contribution in [0.5, 0.6) is 0 Å². The number of aryl methyl sites for hydroxylation is 1. The zero-order chi connectivity index (χ0) is 20.6. The van der Waals surface area contributed by atoms with Crippen molar-refractivity contribution in [3.05, 3.63) is 83.7 Å². The van der Waals surface area contributed by atoms with Crippen molar-refractivity contribution in [2.24, 2.45) is 0 Å². The van der Waals surface area contributed by atoms with E-state index in [9.17, 15) is 4.79 Å². The van der Waals surface area contributed by atoms with Gasteiger partial charge < -0.3 is 15.5 Å². The lowest BCUT2D eigenvalue weighted by atomic mass is 10.1. The first-order chi connectivity index (χ1) is 14.1. The minimum absolute atomic E-state index is 0.104. The maximum atomic E-state index is 12.8. The fourth-order valence-electron chi connectivity index (χ4n) is 3.11. The van der Waals surface area contributed by atoms with Crippen molar-refractivity contribution >= 4 is 23.0 Å². The molecule has 0 aliphatic rings. The van der Waals surface area contributed by atoms with E-state index in [2.05, 4.69) is 28.6 Å². The summed E-state index contributed by atoms with van der Waals surface area (Å²) in [6.45, 7) is 2.92. The van der Waals surface area contributed by atoms with Crippen molar-refractivity contribution in [1.82, 2.24) is 4.98 Å². The van der Waals surface area contributed by atoms with Gasteiger partial charge in [0.2, 0.25) is 0 Å². The first kappa shape index (κ1) is 20.4. The van der Waals surface area contributed by atoms with Crippen LogP contribution in [0.4, 0.5) is 17.1 Å². The lowest BCUT2D eigenvalue weighted by molar-refractivity contribution is 0.102. The van der Waals surface area contributed by atoms with E-state index in [0.717, 1.165) is 42.1 Å². The van der Waals surface area contributed by atoms with Crippen LogP contribution < -0.4 is 15.5 Å². The highest BCUT2D eigenvalue weighted by atomic mass is 16.1. The summed E-state index contributed by atoms with van der Waals surface area (Å²) in [5.41, 5.74) is 5.66. The van der Waals surface area contributed by atoms with Gasteiger partial charge in [0.1, 0.15) is 0 Å². The van der Waals surface area contributed by atoms with Crippen molar-refractivity contribution in [3.63, 3.8) is 0 Å². The molecule has 1 aromatic heterocycles. The Balaban J connectivity index is 1.60. The van der Waals surface area contributed by atoms with Crippen LogP contribution in [-0.4, -0.2) is 31.5 Å². The van der Waals surface area contributed by atoms with Crippen LogP contribution in [0.25, 0.3) is 0 Å². The van der Waals surface area contributed by atoms with E-state index in [-0.39, 0.29) is 5.91 Å². The van der Waals surface area contributed by atoms with E-state index in [1.54, 1.807) is 0 Å². The highest BCUT2D eigenvalue weighted by Gasteiger charge is 2.13. The highest BCUT2D eigenvalue weighted by molar-refractivity contribution is 6.08. The number of amides is 1. The Morgan fingerprint density at radius 2 is 1.76 bits per heavy atom. The molecule has 2 aromatic carbocycles. The second-order valence-electron chi connectivity index (χ2n) is 7.13. The Morgan fingerprint density at radius 3 is 2.41 bits per heavy atom. The second kappa shape index (κ2) is 9.73. The Labute approximate surface area is 172 Å². The largest absolute Gasteiger partial charge is 0.385 e. The zero-order valence-electron chi connectivity index (χ0n) is 17.3. The molecule has 5 heteroatoms. The number of nitrogens with zero attached hydrogens (tertiary/aromatic N) is 2. The molecule has 1 amide bonds. The molecule has 0 radical (unpaired) electrons. The van der Waals surface area contributed by atoms with Gasteiger partial charge in [-0.05, 0) is 60.5 Å². The maximum absolute atomic E-state index is 12.8. The number of pyridine rings is 1. The number of benzene rings is 2. The molecule has 3 rings (SSSR count).